The summed E-state index contributed by atoms with van der Waals surface area (Å²) in [5.74, 6) is -0.587. The van der Waals surface area contributed by atoms with Crippen LogP contribution in [0.15, 0.2) is 36.4 Å². The third-order valence-electron chi connectivity index (χ3n) is 2.67. The molecule has 0 atom stereocenters. The van der Waals surface area contributed by atoms with Crippen LogP contribution in [-0.4, -0.2) is 0 Å². The van der Waals surface area contributed by atoms with Gasteiger partial charge in [0.15, 0.2) is 0 Å². The molecular weight excluding hydrogens is 308 g/mol. The van der Waals surface area contributed by atoms with Crippen LogP contribution in [0.2, 0.25) is 5.02 Å². The van der Waals surface area contributed by atoms with Crippen molar-refractivity contribution in [1.29, 1.82) is 5.26 Å². The minimum atomic E-state index is -4.49. The lowest BCUT2D eigenvalue weighted by Gasteiger charge is -2.12. The van der Waals surface area contributed by atoms with E-state index in [-0.39, 0.29) is 22.0 Å². The Morgan fingerprint density at radius 1 is 1.05 bits per heavy atom. The molecule has 0 saturated heterocycles. The van der Waals surface area contributed by atoms with Gasteiger partial charge in [0.1, 0.15) is 11.9 Å². The van der Waals surface area contributed by atoms with Crippen molar-refractivity contribution in [2.24, 2.45) is 0 Å². The Balaban J connectivity index is 2.35. The Labute approximate surface area is 122 Å². The van der Waals surface area contributed by atoms with E-state index in [1.165, 1.54) is 6.07 Å². The van der Waals surface area contributed by atoms with E-state index < -0.39 is 17.6 Å². The number of nitriles is 1. The number of hydrogen-bond acceptors (Lipinski definition) is 2. The highest BCUT2D eigenvalue weighted by Gasteiger charge is 2.30. The number of benzene rings is 2. The summed E-state index contributed by atoms with van der Waals surface area (Å²) >= 11 is 5.79. The molecule has 0 aliphatic heterocycles. The Morgan fingerprint density at radius 2 is 1.71 bits per heavy atom. The zero-order valence-corrected chi connectivity index (χ0v) is 11.1. The van der Waals surface area contributed by atoms with Crippen molar-refractivity contribution in [3.63, 3.8) is 0 Å². The van der Waals surface area contributed by atoms with Gasteiger partial charge in [-0.3, -0.25) is 0 Å². The Morgan fingerprint density at radius 3 is 2.29 bits per heavy atom. The van der Waals surface area contributed by atoms with Crippen molar-refractivity contribution in [3.05, 3.63) is 58.4 Å². The molecule has 0 aromatic heterocycles. The van der Waals surface area contributed by atoms with E-state index in [0.29, 0.717) is 0 Å². The summed E-state index contributed by atoms with van der Waals surface area (Å²) in [6.45, 7) is 0. The highest BCUT2D eigenvalue weighted by atomic mass is 35.5. The molecule has 0 aliphatic carbocycles. The van der Waals surface area contributed by atoms with Crippen LogP contribution in [0.3, 0.4) is 0 Å². The van der Waals surface area contributed by atoms with Crippen LogP contribution in [0.5, 0.6) is 0 Å². The minimum absolute atomic E-state index is 0.0194. The first-order chi connectivity index (χ1) is 9.81. The molecule has 0 bridgehead atoms. The molecule has 0 saturated carbocycles. The fourth-order valence-electron chi connectivity index (χ4n) is 1.66. The number of anilines is 2. The molecule has 0 radical (unpaired) electrons. The fourth-order valence-corrected chi connectivity index (χ4v) is 1.88. The average molecular weight is 315 g/mol. The van der Waals surface area contributed by atoms with Gasteiger partial charge < -0.3 is 5.32 Å². The third kappa shape index (κ3) is 3.44. The molecule has 0 unspecified atom stereocenters. The SMILES string of the molecule is N#Cc1cc(F)ccc1Nc1ccc(C(F)(F)F)cc1Cl. The maximum Gasteiger partial charge on any atom is 0.416 e. The van der Waals surface area contributed by atoms with E-state index in [4.69, 9.17) is 16.9 Å². The van der Waals surface area contributed by atoms with Crippen LogP contribution in [0.1, 0.15) is 11.1 Å². The summed E-state index contributed by atoms with van der Waals surface area (Å²) in [5.41, 5.74) is -0.419. The van der Waals surface area contributed by atoms with E-state index in [9.17, 15) is 17.6 Å². The molecule has 0 amide bonds. The lowest BCUT2D eigenvalue weighted by Crippen LogP contribution is -2.05. The molecule has 108 valence electrons. The van der Waals surface area contributed by atoms with Gasteiger partial charge in [-0.05, 0) is 36.4 Å². The second-order valence-electron chi connectivity index (χ2n) is 4.12. The van der Waals surface area contributed by atoms with E-state index in [2.05, 4.69) is 5.32 Å². The van der Waals surface area contributed by atoms with Crippen LogP contribution < -0.4 is 5.32 Å². The molecule has 21 heavy (non-hydrogen) atoms. The first-order valence-electron chi connectivity index (χ1n) is 5.64. The largest absolute Gasteiger partial charge is 0.416 e. The minimum Gasteiger partial charge on any atom is -0.353 e. The van der Waals surface area contributed by atoms with Gasteiger partial charge in [-0.25, -0.2) is 4.39 Å². The zero-order chi connectivity index (χ0) is 15.6. The number of rotatable bonds is 2. The van der Waals surface area contributed by atoms with Crippen molar-refractivity contribution < 1.29 is 17.6 Å². The molecule has 2 aromatic carbocycles. The van der Waals surface area contributed by atoms with Crippen molar-refractivity contribution in [1.82, 2.24) is 0 Å². The summed E-state index contributed by atoms with van der Waals surface area (Å²) < 4.78 is 50.6. The highest BCUT2D eigenvalue weighted by Crippen LogP contribution is 2.35. The molecule has 7 heteroatoms. The van der Waals surface area contributed by atoms with Gasteiger partial charge in [0.2, 0.25) is 0 Å². The first-order valence-corrected chi connectivity index (χ1v) is 6.02. The fraction of sp³-hybridized carbons (Fsp3) is 0.0714. The van der Waals surface area contributed by atoms with Crippen molar-refractivity contribution in [2.45, 2.75) is 6.18 Å². The van der Waals surface area contributed by atoms with Gasteiger partial charge in [-0.2, -0.15) is 18.4 Å². The van der Waals surface area contributed by atoms with Gasteiger partial charge in [0, 0.05) is 0 Å². The van der Waals surface area contributed by atoms with E-state index in [0.717, 1.165) is 30.3 Å². The molecule has 0 fully saturated rings. The van der Waals surface area contributed by atoms with Crippen LogP contribution >= 0.6 is 11.6 Å². The van der Waals surface area contributed by atoms with Crippen LogP contribution in [0.25, 0.3) is 0 Å². The van der Waals surface area contributed by atoms with Crippen molar-refractivity contribution in [3.8, 4) is 6.07 Å². The lowest BCUT2D eigenvalue weighted by atomic mass is 10.1. The molecular formula is C14H7ClF4N2. The topological polar surface area (TPSA) is 35.8 Å². The highest BCUT2D eigenvalue weighted by molar-refractivity contribution is 6.33. The number of nitrogens with one attached hydrogen (secondary N) is 1. The monoisotopic (exact) mass is 314 g/mol. The van der Waals surface area contributed by atoms with Gasteiger partial charge in [-0.15, -0.1) is 0 Å². The van der Waals surface area contributed by atoms with E-state index in [1.807, 2.05) is 0 Å². The molecule has 0 heterocycles. The van der Waals surface area contributed by atoms with Gasteiger partial charge in [0.05, 0.1) is 27.5 Å². The quantitative estimate of drug-likeness (QED) is 0.782. The smallest absolute Gasteiger partial charge is 0.353 e. The Bertz CT molecular complexity index is 720. The van der Waals surface area contributed by atoms with Crippen LogP contribution in [0.4, 0.5) is 28.9 Å². The number of halogens is 5. The number of alkyl halides is 3. The van der Waals surface area contributed by atoms with Crippen LogP contribution in [-0.2, 0) is 6.18 Å². The normalized spacial score (nSPS) is 11.0. The average Bonchev–Trinajstić information content (AvgIpc) is 2.41. The zero-order valence-electron chi connectivity index (χ0n) is 10.3. The predicted molar refractivity (Wildman–Crippen MR) is 70.9 cm³/mol. The summed E-state index contributed by atoms with van der Waals surface area (Å²) in [6, 6.07) is 8.02. The van der Waals surface area contributed by atoms with Crippen molar-refractivity contribution >= 4 is 23.0 Å². The molecule has 1 N–H and O–H groups in total. The summed E-state index contributed by atoms with van der Waals surface area (Å²) in [5, 5.41) is 11.5. The van der Waals surface area contributed by atoms with E-state index in [1.54, 1.807) is 6.07 Å². The standard InChI is InChI=1S/C14H7ClF4N2/c15-11-6-9(14(17,18)19)1-3-13(11)21-12-4-2-10(16)5-8(12)7-20/h1-6,21H. The van der Waals surface area contributed by atoms with Gasteiger partial charge in [-0.1, -0.05) is 11.6 Å². The summed E-state index contributed by atoms with van der Waals surface area (Å²) in [4.78, 5) is 0. The van der Waals surface area contributed by atoms with Crippen LogP contribution in [0, 0.1) is 17.1 Å². The second kappa shape index (κ2) is 5.62. The molecule has 2 rings (SSSR count). The first kappa shape index (κ1) is 15.1. The Kier molecular flexibility index (Phi) is 4.05. The molecule has 2 nitrogen and oxygen atoms in total. The maximum absolute atomic E-state index is 13.0. The van der Waals surface area contributed by atoms with Gasteiger partial charge >= 0.3 is 6.18 Å². The lowest BCUT2D eigenvalue weighted by molar-refractivity contribution is -0.137. The van der Waals surface area contributed by atoms with Gasteiger partial charge in [0.25, 0.3) is 0 Å². The predicted octanol–water partition coefficient (Wildman–Crippen LogP) is 5.11. The molecule has 0 aliphatic rings. The third-order valence-corrected chi connectivity index (χ3v) is 2.98. The molecule has 2 aromatic rings. The Hall–Kier alpha value is -2.26. The second-order valence-corrected chi connectivity index (χ2v) is 4.53. The summed E-state index contributed by atoms with van der Waals surface area (Å²) in [6.07, 6.45) is -4.49. The van der Waals surface area contributed by atoms with E-state index >= 15 is 0 Å². The number of hydrogen-bond donors (Lipinski definition) is 1. The number of nitrogens with zero attached hydrogens (tertiary/aromatic N) is 1. The summed E-state index contributed by atoms with van der Waals surface area (Å²) in [7, 11) is 0. The maximum atomic E-state index is 13.0. The van der Waals surface area contributed by atoms with Crippen molar-refractivity contribution in [2.75, 3.05) is 5.32 Å². The molecule has 0 spiro atoms.